The Bertz CT molecular complexity index is 1210. The predicted octanol–water partition coefficient (Wildman–Crippen LogP) is 4.42. The molecule has 32 heavy (non-hydrogen) atoms. The molecule has 3 aromatic heterocycles. The summed E-state index contributed by atoms with van der Waals surface area (Å²) in [6, 6.07) is 8.21. The van der Waals surface area contributed by atoms with E-state index in [4.69, 9.17) is 4.52 Å². The van der Waals surface area contributed by atoms with E-state index in [1.165, 1.54) is 21.4 Å². The van der Waals surface area contributed by atoms with Crippen molar-refractivity contribution in [3.05, 3.63) is 52.5 Å². The van der Waals surface area contributed by atoms with E-state index in [1.54, 1.807) is 17.7 Å². The summed E-state index contributed by atoms with van der Waals surface area (Å²) in [7, 11) is 0. The molecule has 1 aromatic carbocycles. The van der Waals surface area contributed by atoms with Crippen LogP contribution in [0, 0.1) is 20.8 Å². The molecule has 7 nitrogen and oxygen atoms in total. The summed E-state index contributed by atoms with van der Waals surface area (Å²) in [5.41, 5.74) is 3.53. The van der Waals surface area contributed by atoms with Gasteiger partial charge < -0.3 is 9.42 Å². The van der Waals surface area contributed by atoms with Gasteiger partial charge in [0.15, 0.2) is 0 Å². The van der Waals surface area contributed by atoms with Crippen LogP contribution in [0.3, 0.4) is 0 Å². The SMILES string of the molecule is Cc1ccc(-c2noc(CCCN3CCN(c4ncnc5sc(C)c(C)c45)CC3)n2)cc1. The van der Waals surface area contributed by atoms with E-state index in [0.717, 1.165) is 61.8 Å². The fourth-order valence-electron chi connectivity index (χ4n) is 4.22. The maximum atomic E-state index is 5.47. The van der Waals surface area contributed by atoms with E-state index < -0.39 is 0 Å². The molecule has 4 aromatic rings. The van der Waals surface area contributed by atoms with Gasteiger partial charge >= 0.3 is 0 Å². The Morgan fingerprint density at radius 1 is 1.00 bits per heavy atom. The number of hydrogen-bond acceptors (Lipinski definition) is 8. The minimum Gasteiger partial charge on any atom is -0.353 e. The fraction of sp³-hybridized carbons (Fsp3) is 0.417. The number of rotatable bonds is 6. The number of piperazine rings is 1. The molecule has 0 aliphatic carbocycles. The van der Waals surface area contributed by atoms with E-state index in [-0.39, 0.29) is 0 Å². The molecule has 0 atom stereocenters. The Morgan fingerprint density at radius 2 is 1.78 bits per heavy atom. The van der Waals surface area contributed by atoms with Crippen LogP contribution in [0.2, 0.25) is 0 Å². The third-order valence-corrected chi connectivity index (χ3v) is 7.38. The average Bonchev–Trinajstić information content (AvgIpc) is 3.39. The zero-order valence-corrected chi connectivity index (χ0v) is 19.7. The first kappa shape index (κ1) is 21.0. The number of hydrogen-bond donors (Lipinski definition) is 0. The van der Waals surface area contributed by atoms with Crippen molar-refractivity contribution in [2.45, 2.75) is 33.6 Å². The van der Waals surface area contributed by atoms with Gasteiger partial charge in [0.25, 0.3) is 0 Å². The van der Waals surface area contributed by atoms with Crippen molar-refractivity contribution in [3.8, 4) is 11.4 Å². The summed E-state index contributed by atoms with van der Waals surface area (Å²) in [5.74, 6) is 2.47. The summed E-state index contributed by atoms with van der Waals surface area (Å²) < 4.78 is 5.47. The molecule has 1 aliphatic heterocycles. The molecule has 0 N–H and O–H groups in total. The van der Waals surface area contributed by atoms with Crippen LogP contribution >= 0.6 is 11.3 Å². The third-order valence-electron chi connectivity index (χ3n) is 6.26. The molecule has 8 heteroatoms. The molecule has 1 aliphatic rings. The number of nitrogens with zero attached hydrogens (tertiary/aromatic N) is 6. The van der Waals surface area contributed by atoms with Crippen LogP contribution in [0.5, 0.6) is 0 Å². The van der Waals surface area contributed by atoms with Crippen LogP contribution in [0.1, 0.15) is 28.3 Å². The number of fused-ring (bicyclic) bond motifs is 1. The van der Waals surface area contributed by atoms with E-state index in [1.807, 2.05) is 12.1 Å². The lowest BCUT2D eigenvalue weighted by atomic mass is 10.1. The lowest BCUT2D eigenvalue weighted by Crippen LogP contribution is -2.47. The van der Waals surface area contributed by atoms with Gasteiger partial charge in [-0.15, -0.1) is 11.3 Å². The van der Waals surface area contributed by atoms with Crippen LogP contribution < -0.4 is 4.90 Å². The van der Waals surface area contributed by atoms with Crippen molar-refractivity contribution in [3.63, 3.8) is 0 Å². The Hall–Kier alpha value is -2.84. The van der Waals surface area contributed by atoms with Crippen molar-refractivity contribution in [1.29, 1.82) is 0 Å². The zero-order chi connectivity index (χ0) is 22.1. The van der Waals surface area contributed by atoms with Crippen molar-refractivity contribution in [1.82, 2.24) is 25.0 Å². The van der Waals surface area contributed by atoms with Crippen molar-refractivity contribution < 1.29 is 4.52 Å². The first-order valence-corrected chi connectivity index (χ1v) is 12.0. The number of benzene rings is 1. The largest absolute Gasteiger partial charge is 0.353 e. The van der Waals surface area contributed by atoms with Gasteiger partial charge in [0.2, 0.25) is 11.7 Å². The standard InChI is InChI=1S/C24H28N6OS/c1-16-6-8-19(9-7-16)22-27-20(31-28-22)5-4-10-29-11-13-30(14-12-29)23-21-17(2)18(3)32-24(21)26-15-25-23/h6-9,15H,4-5,10-14H2,1-3H3. The number of aromatic nitrogens is 4. The Labute approximate surface area is 192 Å². The van der Waals surface area contributed by atoms with Crippen molar-refractivity contribution >= 4 is 27.4 Å². The lowest BCUT2D eigenvalue weighted by molar-refractivity contribution is 0.250. The van der Waals surface area contributed by atoms with Gasteiger partial charge in [-0.1, -0.05) is 35.0 Å². The minimum atomic E-state index is 0.670. The van der Waals surface area contributed by atoms with Crippen molar-refractivity contribution in [2.24, 2.45) is 0 Å². The quantitative estimate of drug-likeness (QED) is 0.432. The second-order valence-electron chi connectivity index (χ2n) is 8.47. The highest BCUT2D eigenvalue weighted by Gasteiger charge is 2.22. The van der Waals surface area contributed by atoms with Gasteiger partial charge in [0, 0.05) is 43.0 Å². The molecule has 0 unspecified atom stereocenters. The fourth-order valence-corrected chi connectivity index (χ4v) is 5.21. The molecule has 0 amide bonds. The topological polar surface area (TPSA) is 71.2 Å². The molecular weight excluding hydrogens is 420 g/mol. The third kappa shape index (κ3) is 4.25. The molecule has 1 saturated heterocycles. The molecule has 1 fully saturated rings. The highest BCUT2D eigenvalue weighted by Crippen LogP contribution is 2.34. The maximum Gasteiger partial charge on any atom is 0.227 e. The van der Waals surface area contributed by atoms with Gasteiger partial charge in [0.1, 0.15) is 17.0 Å². The Morgan fingerprint density at radius 3 is 2.56 bits per heavy atom. The van der Waals surface area contributed by atoms with E-state index in [9.17, 15) is 0 Å². The molecule has 0 radical (unpaired) electrons. The number of thiophene rings is 1. The van der Waals surface area contributed by atoms with Crippen LogP contribution in [0.15, 0.2) is 35.1 Å². The molecule has 0 bridgehead atoms. The smallest absolute Gasteiger partial charge is 0.227 e. The summed E-state index contributed by atoms with van der Waals surface area (Å²) in [6.07, 6.45) is 3.52. The van der Waals surface area contributed by atoms with Gasteiger partial charge in [0.05, 0.1) is 5.39 Å². The predicted molar refractivity (Wildman–Crippen MR) is 128 cm³/mol. The summed E-state index contributed by atoms with van der Waals surface area (Å²) in [5, 5.41) is 5.37. The first-order valence-electron chi connectivity index (χ1n) is 11.2. The second-order valence-corrected chi connectivity index (χ2v) is 9.67. The highest BCUT2D eigenvalue weighted by molar-refractivity contribution is 7.18. The first-order chi connectivity index (χ1) is 15.6. The van der Waals surface area contributed by atoms with E-state index in [2.05, 4.69) is 62.8 Å². The normalized spacial score (nSPS) is 15.0. The van der Waals surface area contributed by atoms with Gasteiger partial charge in [-0.05, 0) is 39.3 Å². The second kappa shape index (κ2) is 8.96. The van der Waals surface area contributed by atoms with Crippen LogP contribution in [0.25, 0.3) is 21.6 Å². The molecule has 0 spiro atoms. The maximum absolute atomic E-state index is 5.47. The van der Waals surface area contributed by atoms with Crippen molar-refractivity contribution in [2.75, 3.05) is 37.6 Å². The Balaban J connectivity index is 1.14. The van der Waals surface area contributed by atoms with Gasteiger partial charge in [-0.25, -0.2) is 9.97 Å². The minimum absolute atomic E-state index is 0.670. The molecule has 4 heterocycles. The monoisotopic (exact) mass is 448 g/mol. The molecule has 0 saturated carbocycles. The van der Waals surface area contributed by atoms with Gasteiger partial charge in [-0.3, -0.25) is 4.90 Å². The molecule has 166 valence electrons. The molecular formula is C24H28N6OS. The van der Waals surface area contributed by atoms with Crippen LogP contribution in [0.4, 0.5) is 5.82 Å². The summed E-state index contributed by atoms with van der Waals surface area (Å²) in [4.78, 5) is 21.0. The lowest BCUT2D eigenvalue weighted by Gasteiger charge is -2.35. The number of anilines is 1. The highest BCUT2D eigenvalue weighted by atomic mass is 32.1. The average molecular weight is 449 g/mol. The van der Waals surface area contributed by atoms with Crippen LogP contribution in [-0.4, -0.2) is 57.7 Å². The Kier molecular flexibility index (Phi) is 5.89. The van der Waals surface area contributed by atoms with Gasteiger partial charge in [-0.2, -0.15) is 4.98 Å². The molecule has 5 rings (SSSR count). The van der Waals surface area contributed by atoms with E-state index in [0.29, 0.717) is 11.7 Å². The number of aryl methyl sites for hydroxylation is 4. The summed E-state index contributed by atoms with van der Waals surface area (Å²) in [6.45, 7) is 11.5. The summed E-state index contributed by atoms with van der Waals surface area (Å²) >= 11 is 1.76. The van der Waals surface area contributed by atoms with E-state index >= 15 is 0 Å². The zero-order valence-electron chi connectivity index (χ0n) is 18.8. The van der Waals surface area contributed by atoms with Crippen LogP contribution in [-0.2, 0) is 6.42 Å².